The van der Waals surface area contributed by atoms with Crippen LogP contribution in [0.5, 0.6) is 0 Å². The molecular formula is C27H26N4O2. The molecule has 33 heavy (non-hydrogen) atoms. The van der Waals surface area contributed by atoms with Crippen LogP contribution >= 0.6 is 0 Å². The molecule has 1 saturated carbocycles. The Balaban J connectivity index is 1.29. The van der Waals surface area contributed by atoms with Crippen molar-refractivity contribution >= 4 is 28.4 Å². The number of rotatable bonds is 5. The number of fused-ring (bicyclic) bond motifs is 1. The third-order valence-electron chi connectivity index (χ3n) is 6.22. The number of H-pyrrole nitrogens is 1. The first kappa shape index (κ1) is 20.9. The van der Waals surface area contributed by atoms with Gasteiger partial charge in [-0.2, -0.15) is 0 Å². The Morgan fingerprint density at radius 3 is 2.33 bits per heavy atom. The van der Waals surface area contributed by atoms with Crippen molar-refractivity contribution in [2.75, 3.05) is 5.32 Å². The summed E-state index contributed by atoms with van der Waals surface area (Å²) < 4.78 is 0. The van der Waals surface area contributed by atoms with Gasteiger partial charge < -0.3 is 15.6 Å². The second kappa shape index (κ2) is 9.28. The van der Waals surface area contributed by atoms with Gasteiger partial charge in [0, 0.05) is 51.8 Å². The van der Waals surface area contributed by atoms with E-state index in [0.717, 1.165) is 40.7 Å². The van der Waals surface area contributed by atoms with Crippen molar-refractivity contribution in [3.63, 3.8) is 0 Å². The molecule has 6 nitrogen and oxygen atoms in total. The number of nitrogens with one attached hydrogen (secondary N) is 3. The lowest BCUT2D eigenvalue weighted by atomic mass is 9.95. The fraction of sp³-hybridized carbons (Fsp3) is 0.222. The van der Waals surface area contributed by atoms with E-state index in [1.54, 1.807) is 24.5 Å². The molecule has 0 bridgehead atoms. The molecule has 166 valence electrons. The molecule has 3 N–H and O–H groups in total. The number of nitrogens with zero attached hydrogens (tertiary/aromatic N) is 1. The molecule has 0 radical (unpaired) electrons. The van der Waals surface area contributed by atoms with Crippen LogP contribution in [0.4, 0.5) is 5.69 Å². The van der Waals surface area contributed by atoms with Gasteiger partial charge in [0.05, 0.1) is 0 Å². The molecule has 0 spiro atoms. The number of aromatic amines is 1. The summed E-state index contributed by atoms with van der Waals surface area (Å²) in [5.74, 6) is -0.171. The largest absolute Gasteiger partial charge is 0.355 e. The number of aromatic nitrogens is 2. The molecule has 0 saturated heterocycles. The van der Waals surface area contributed by atoms with Gasteiger partial charge >= 0.3 is 0 Å². The number of carbonyl (C=O) groups excluding carboxylic acids is 2. The van der Waals surface area contributed by atoms with Crippen LogP contribution in [0.3, 0.4) is 0 Å². The van der Waals surface area contributed by atoms with Crippen molar-refractivity contribution in [2.24, 2.45) is 0 Å². The highest BCUT2D eigenvalue weighted by Gasteiger charge is 2.17. The molecule has 0 atom stereocenters. The predicted molar refractivity (Wildman–Crippen MR) is 130 cm³/mol. The third kappa shape index (κ3) is 4.80. The summed E-state index contributed by atoms with van der Waals surface area (Å²) in [6.45, 7) is 0. The highest BCUT2D eigenvalue weighted by Crippen LogP contribution is 2.26. The summed E-state index contributed by atoms with van der Waals surface area (Å²) >= 11 is 0. The number of amides is 2. The Labute approximate surface area is 192 Å². The van der Waals surface area contributed by atoms with Gasteiger partial charge in [-0.1, -0.05) is 31.4 Å². The lowest BCUT2D eigenvalue weighted by Crippen LogP contribution is -2.36. The van der Waals surface area contributed by atoms with Crippen molar-refractivity contribution in [3.05, 3.63) is 84.2 Å². The molecule has 2 heterocycles. The number of hydrogen-bond donors (Lipinski definition) is 3. The van der Waals surface area contributed by atoms with Crippen molar-refractivity contribution in [1.82, 2.24) is 15.3 Å². The first-order valence-electron chi connectivity index (χ1n) is 11.4. The van der Waals surface area contributed by atoms with Gasteiger partial charge in [0.1, 0.15) is 0 Å². The van der Waals surface area contributed by atoms with Gasteiger partial charge in [-0.15, -0.1) is 0 Å². The molecule has 6 heteroatoms. The summed E-state index contributed by atoms with van der Waals surface area (Å²) in [7, 11) is 0. The monoisotopic (exact) mass is 438 g/mol. The summed E-state index contributed by atoms with van der Waals surface area (Å²) in [6, 6.07) is 19.2. The topological polar surface area (TPSA) is 86.9 Å². The van der Waals surface area contributed by atoms with Gasteiger partial charge in [-0.3, -0.25) is 14.6 Å². The number of pyridine rings is 1. The third-order valence-corrected chi connectivity index (χ3v) is 6.22. The molecule has 1 aliphatic carbocycles. The molecule has 4 aromatic rings. The summed E-state index contributed by atoms with van der Waals surface area (Å²) in [5.41, 5.74) is 4.91. The van der Waals surface area contributed by atoms with Crippen LogP contribution in [-0.2, 0) is 0 Å². The Kier molecular flexibility index (Phi) is 5.89. The van der Waals surface area contributed by atoms with Crippen molar-refractivity contribution in [2.45, 2.75) is 38.1 Å². The molecule has 5 rings (SSSR count). The molecule has 0 aliphatic heterocycles. The molecular weight excluding hydrogens is 412 g/mol. The van der Waals surface area contributed by atoms with Gasteiger partial charge in [-0.25, -0.2) is 0 Å². The molecule has 1 fully saturated rings. The first-order chi connectivity index (χ1) is 16.2. The van der Waals surface area contributed by atoms with Crippen LogP contribution in [0, 0.1) is 0 Å². The number of carbonyl (C=O) groups is 2. The maximum absolute atomic E-state index is 12.7. The second-order valence-corrected chi connectivity index (χ2v) is 8.56. The van der Waals surface area contributed by atoms with Crippen LogP contribution in [0.1, 0.15) is 52.8 Å². The minimum absolute atomic E-state index is 0.000779. The average molecular weight is 439 g/mol. The minimum Gasteiger partial charge on any atom is -0.355 e. The Bertz CT molecular complexity index is 1270. The Morgan fingerprint density at radius 2 is 1.58 bits per heavy atom. The molecule has 2 aromatic carbocycles. The van der Waals surface area contributed by atoms with E-state index in [1.807, 2.05) is 42.5 Å². The summed E-state index contributed by atoms with van der Waals surface area (Å²) in [5, 5.41) is 7.08. The van der Waals surface area contributed by atoms with E-state index in [1.165, 1.54) is 19.3 Å². The van der Waals surface area contributed by atoms with E-state index in [9.17, 15) is 9.59 Å². The number of benzene rings is 2. The zero-order valence-corrected chi connectivity index (χ0v) is 18.3. The Hall–Kier alpha value is -3.93. The van der Waals surface area contributed by atoms with Crippen LogP contribution in [0.15, 0.2) is 73.1 Å². The predicted octanol–water partition coefficient (Wildman–Crippen LogP) is 5.54. The van der Waals surface area contributed by atoms with E-state index in [0.29, 0.717) is 17.2 Å². The maximum Gasteiger partial charge on any atom is 0.255 e. The maximum atomic E-state index is 12.7. The van der Waals surface area contributed by atoms with E-state index in [2.05, 4.69) is 26.7 Å². The normalized spacial score (nSPS) is 14.2. The molecule has 0 unspecified atom stereocenters. The Morgan fingerprint density at radius 1 is 0.818 bits per heavy atom. The van der Waals surface area contributed by atoms with Gasteiger partial charge in [-0.05, 0) is 66.9 Å². The van der Waals surface area contributed by atoms with Crippen molar-refractivity contribution < 1.29 is 9.59 Å². The number of anilines is 1. The zero-order chi connectivity index (χ0) is 22.6. The fourth-order valence-electron chi connectivity index (χ4n) is 4.38. The van der Waals surface area contributed by atoms with Crippen LogP contribution in [0.25, 0.3) is 22.2 Å². The lowest BCUT2D eigenvalue weighted by Gasteiger charge is -2.22. The van der Waals surface area contributed by atoms with Crippen molar-refractivity contribution in [1.29, 1.82) is 0 Å². The van der Waals surface area contributed by atoms with Crippen LogP contribution < -0.4 is 10.6 Å². The highest BCUT2D eigenvalue weighted by molar-refractivity contribution is 6.04. The molecule has 2 aromatic heterocycles. The smallest absolute Gasteiger partial charge is 0.255 e. The van der Waals surface area contributed by atoms with E-state index < -0.39 is 0 Å². The highest BCUT2D eigenvalue weighted by atomic mass is 16.2. The first-order valence-corrected chi connectivity index (χ1v) is 11.4. The minimum atomic E-state index is -0.171. The fourth-order valence-corrected chi connectivity index (χ4v) is 4.38. The zero-order valence-electron chi connectivity index (χ0n) is 18.3. The molecule has 1 aliphatic rings. The second-order valence-electron chi connectivity index (χ2n) is 8.56. The van der Waals surface area contributed by atoms with Gasteiger partial charge in [0.2, 0.25) is 0 Å². The number of hydrogen-bond acceptors (Lipinski definition) is 3. The summed E-state index contributed by atoms with van der Waals surface area (Å²) in [4.78, 5) is 32.4. The lowest BCUT2D eigenvalue weighted by molar-refractivity contribution is 0.0927. The quantitative estimate of drug-likeness (QED) is 0.382. The van der Waals surface area contributed by atoms with E-state index in [-0.39, 0.29) is 11.8 Å². The van der Waals surface area contributed by atoms with Crippen LogP contribution in [-0.4, -0.2) is 27.8 Å². The summed E-state index contributed by atoms with van der Waals surface area (Å²) in [6.07, 6.45) is 8.98. The van der Waals surface area contributed by atoms with E-state index >= 15 is 0 Å². The van der Waals surface area contributed by atoms with E-state index in [4.69, 9.17) is 0 Å². The van der Waals surface area contributed by atoms with Crippen molar-refractivity contribution in [3.8, 4) is 11.3 Å². The van der Waals surface area contributed by atoms with Gasteiger partial charge in [0.15, 0.2) is 0 Å². The standard InChI is InChI=1S/C27H26N4O2/c32-26(19-12-14-28-15-13-19)30-23-9-6-18(7-10-23)25-17-21-16-20(8-11-24(21)31-25)27(33)29-22-4-2-1-3-5-22/h6-17,22,31H,1-5H2,(H,29,33)(H,30,32). The SMILES string of the molecule is O=C(Nc1ccc(-c2cc3cc(C(=O)NC4CCCCC4)ccc3[nH]2)cc1)c1ccncc1. The molecule has 2 amide bonds. The van der Waals surface area contributed by atoms with Gasteiger partial charge in [0.25, 0.3) is 11.8 Å². The van der Waals surface area contributed by atoms with Crippen LogP contribution in [0.2, 0.25) is 0 Å². The average Bonchev–Trinajstić information content (AvgIpc) is 3.29.